The highest BCUT2D eigenvalue weighted by Crippen LogP contribution is 2.26. The Hall–Kier alpha value is -2.71. The van der Waals surface area contributed by atoms with Crippen molar-refractivity contribution in [3.63, 3.8) is 0 Å². The summed E-state index contributed by atoms with van der Waals surface area (Å²) in [6.07, 6.45) is 5.85. The maximum Gasteiger partial charge on any atom is 0.230 e. The molecule has 0 bridgehead atoms. The monoisotopic (exact) mass is 484 g/mol. The second-order valence-corrected chi connectivity index (χ2v) is 9.42. The number of hydrogen-bond donors (Lipinski definition) is 0. The number of nitrogens with zero attached hydrogens (tertiary/aromatic N) is 6. The lowest BCUT2D eigenvalue weighted by atomic mass is 9.94. The second-order valence-electron chi connectivity index (χ2n) is 8.98. The summed E-state index contributed by atoms with van der Waals surface area (Å²) < 4.78 is 0. The fourth-order valence-electron chi connectivity index (χ4n) is 4.75. The number of piperazine rings is 1. The highest BCUT2D eigenvalue weighted by Gasteiger charge is 2.30. The van der Waals surface area contributed by atoms with E-state index in [4.69, 9.17) is 11.6 Å². The fourth-order valence-corrected chi connectivity index (χ4v) is 4.94. The van der Waals surface area contributed by atoms with E-state index >= 15 is 0 Å². The number of benzene rings is 1. The van der Waals surface area contributed by atoms with Crippen LogP contribution in [-0.4, -0.2) is 83.9 Å². The van der Waals surface area contributed by atoms with Crippen LogP contribution in [-0.2, 0) is 9.59 Å². The molecule has 2 aromatic rings. The van der Waals surface area contributed by atoms with Crippen LogP contribution < -0.4 is 9.80 Å². The van der Waals surface area contributed by atoms with Crippen molar-refractivity contribution in [1.29, 1.82) is 0 Å². The molecule has 2 fully saturated rings. The van der Waals surface area contributed by atoms with Crippen LogP contribution in [0.3, 0.4) is 0 Å². The zero-order valence-electron chi connectivity index (χ0n) is 19.8. The second kappa shape index (κ2) is 11.6. The van der Waals surface area contributed by atoms with Crippen molar-refractivity contribution in [2.24, 2.45) is 5.92 Å². The normalized spacial score (nSPS) is 17.6. The summed E-state index contributed by atoms with van der Waals surface area (Å²) in [5, 5.41) is 0.626. The molecule has 4 rings (SSSR count). The quantitative estimate of drug-likeness (QED) is 0.601. The molecule has 3 heterocycles. The van der Waals surface area contributed by atoms with Gasteiger partial charge in [0.2, 0.25) is 17.8 Å². The van der Waals surface area contributed by atoms with Gasteiger partial charge in [0.25, 0.3) is 0 Å². The number of amides is 2. The van der Waals surface area contributed by atoms with E-state index in [1.54, 1.807) is 19.3 Å². The third-order valence-electron chi connectivity index (χ3n) is 6.74. The number of rotatable bonds is 7. The summed E-state index contributed by atoms with van der Waals surface area (Å²) in [5.41, 5.74) is 0.845. The van der Waals surface area contributed by atoms with Gasteiger partial charge in [-0.2, -0.15) is 0 Å². The van der Waals surface area contributed by atoms with E-state index in [-0.39, 0.29) is 17.7 Å². The Labute approximate surface area is 206 Å². The molecular formula is C25H33ClN6O2. The molecular weight excluding hydrogens is 452 g/mol. The first-order valence-corrected chi connectivity index (χ1v) is 12.5. The first kappa shape index (κ1) is 24.4. The van der Waals surface area contributed by atoms with E-state index < -0.39 is 0 Å². The van der Waals surface area contributed by atoms with Gasteiger partial charge in [0.05, 0.1) is 0 Å². The van der Waals surface area contributed by atoms with Gasteiger partial charge in [0, 0.05) is 81.8 Å². The van der Waals surface area contributed by atoms with Crippen molar-refractivity contribution < 1.29 is 9.59 Å². The topological polar surface area (TPSA) is 72.9 Å². The lowest BCUT2D eigenvalue weighted by Gasteiger charge is -2.36. The zero-order valence-corrected chi connectivity index (χ0v) is 20.5. The standard InChI is InChI=1S/C25H33ClN6O2/c1-20(33)30-13-7-21(8-14-30)24(34)32(23-6-2-5-22(26)19-23)12-4-11-29-15-17-31(18-16-29)25-27-9-3-10-28-25/h2-3,5-6,9-10,19,21H,4,7-8,11-18H2,1H3. The van der Waals surface area contributed by atoms with Crippen LogP contribution in [0.4, 0.5) is 11.6 Å². The van der Waals surface area contributed by atoms with Gasteiger partial charge in [-0.1, -0.05) is 17.7 Å². The van der Waals surface area contributed by atoms with E-state index in [1.807, 2.05) is 40.1 Å². The molecule has 0 radical (unpaired) electrons. The molecule has 1 aromatic heterocycles. The van der Waals surface area contributed by atoms with Crippen molar-refractivity contribution in [2.45, 2.75) is 26.2 Å². The Morgan fingerprint density at radius 2 is 1.74 bits per heavy atom. The molecule has 2 aliphatic rings. The van der Waals surface area contributed by atoms with Crippen LogP contribution in [0.1, 0.15) is 26.2 Å². The van der Waals surface area contributed by atoms with Gasteiger partial charge in [-0.3, -0.25) is 14.5 Å². The van der Waals surface area contributed by atoms with E-state index in [9.17, 15) is 9.59 Å². The van der Waals surface area contributed by atoms with Crippen LogP contribution in [0, 0.1) is 5.92 Å². The van der Waals surface area contributed by atoms with Crippen molar-refractivity contribution in [3.8, 4) is 0 Å². The highest BCUT2D eigenvalue weighted by atomic mass is 35.5. The molecule has 0 spiro atoms. The number of anilines is 2. The largest absolute Gasteiger partial charge is 0.343 e. The predicted molar refractivity (Wildman–Crippen MR) is 134 cm³/mol. The van der Waals surface area contributed by atoms with Crippen molar-refractivity contribution in [1.82, 2.24) is 19.8 Å². The number of carbonyl (C=O) groups excluding carboxylic acids is 2. The highest BCUT2D eigenvalue weighted by molar-refractivity contribution is 6.30. The Balaban J connectivity index is 1.32. The lowest BCUT2D eigenvalue weighted by molar-refractivity contribution is -0.133. The SMILES string of the molecule is CC(=O)N1CCC(C(=O)N(CCCN2CCN(c3ncccn3)CC2)c2cccc(Cl)c2)CC1. The minimum atomic E-state index is -0.0657. The molecule has 0 aliphatic carbocycles. The van der Waals surface area contributed by atoms with Gasteiger partial charge < -0.3 is 14.7 Å². The first-order chi connectivity index (χ1) is 16.5. The number of halogens is 1. The molecule has 8 nitrogen and oxygen atoms in total. The van der Waals surface area contributed by atoms with Gasteiger partial charge in [0.15, 0.2) is 0 Å². The van der Waals surface area contributed by atoms with Gasteiger partial charge in [-0.05, 0) is 50.1 Å². The minimum Gasteiger partial charge on any atom is -0.343 e. The van der Waals surface area contributed by atoms with Crippen LogP contribution in [0.5, 0.6) is 0 Å². The molecule has 1 aromatic carbocycles. The third kappa shape index (κ3) is 6.24. The first-order valence-electron chi connectivity index (χ1n) is 12.1. The predicted octanol–water partition coefficient (Wildman–Crippen LogP) is 2.93. The number of aromatic nitrogens is 2. The smallest absolute Gasteiger partial charge is 0.230 e. The number of carbonyl (C=O) groups is 2. The summed E-state index contributed by atoms with van der Waals surface area (Å²) in [6.45, 7) is 8.15. The summed E-state index contributed by atoms with van der Waals surface area (Å²) in [4.78, 5) is 42.3. The van der Waals surface area contributed by atoms with Crippen LogP contribution in [0.2, 0.25) is 5.02 Å². The lowest BCUT2D eigenvalue weighted by Crippen LogP contribution is -2.48. The number of hydrogen-bond acceptors (Lipinski definition) is 6. The van der Waals surface area contributed by atoms with E-state index in [0.717, 1.165) is 50.8 Å². The molecule has 182 valence electrons. The fraction of sp³-hybridized carbons (Fsp3) is 0.520. The van der Waals surface area contributed by atoms with Crippen LogP contribution in [0.15, 0.2) is 42.7 Å². The average Bonchev–Trinajstić information content (AvgIpc) is 2.87. The molecule has 0 unspecified atom stereocenters. The van der Waals surface area contributed by atoms with Crippen molar-refractivity contribution in [2.75, 3.05) is 62.2 Å². The Morgan fingerprint density at radius 1 is 1.03 bits per heavy atom. The summed E-state index contributed by atoms with van der Waals surface area (Å²) in [6, 6.07) is 9.37. The van der Waals surface area contributed by atoms with Gasteiger partial charge in [0.1, 0.15) is 0 Å². The van der Waals surface area contributed by atoms with Gasteiger partial charge >= 0.3 is 0 Å². The minimum absolute atomic E-state index is 0.0657. The number of piperidine rings is 1. The molecule has 0 N–H and O–H groups in total. The summed E-state index contributed by atoms with van der Waals surface area (Å²) >= 11 is 6.25. The van der Waals surface area contributed by atoms with Crippen molar-refractivity contribution >= 4 is 35.1 Å². The average molecular weight is 485 g/mol. The third-order valence-corrected chi connectivity index (χ3v) is 6.97. The Bertz CT molecular complexity index is 959. The maximum absolute atomic E-state index is 13.5. The molecule has 0 atom stereocenters. The summed E-state index contributed by atoms with van der Waals surface area (Å²) in [7, 11) is 0. The van der Waals surface area contributed by atoms with Gasteiger partial charge in [-0.15, -0.1) is 0 Å². The molecule has 2 saturated heterocycles. The zero-order chi connectivity index (χ0) is 23.9. The van der Waals surface area contributed by atoms with Gasteiger partial charge in [-0.25, -0.2) is 9.97 Å². The molecule has 34 heavy (non-hydrogen) atoms. The maximum atomic E-state index is 13.5. The Morgan fingerprint density at radius 3 is 2.38 bits per heavy atom. The molecule has 2 aliphatic heterocycles. The van der Waals surface area contributed by atoms with Crippen LogP contribution >= 0.6 is 11.6 Å². The molecule has 9 heteroatoms. The summed E-state index contributed by atoms with van der Waals surface area (Å²) in [5.74, 6) is 0.938. The Kier molecular flexibility index (Phi) is 8.34. The number of likely N-dealkylation sites (tertiary alicyclic amines) is 1. The van der Waals surface area contributed by atoms with E-state index in [1.165, 1.54) is 0 Å². The van der Waals surface area contributed by atoms with Crippen LogP contribution in [0.25, 0.3) is 0 Å². The van der Waals surface area contributed by atoms with Crippen molar-refractivity contribution in [3.05, 3.63) is 47.7 Å². The van der Waals surface area contributed by atoms with E-state index in [0.29, 0.717) is 37.5 Å². The molecule has 0 saturated carbocycles. The molecule has 2 amide bonds. The van der Waals surface area contributed by atoms with E-state index in [2.05, 4.69) is 19.8 Å².